The lowest BCUT2D eigenvalue weighted by molar-refractivity contribution is 2.10. The van der Waals surface area contributed by atoms with E-state index in [4.69, 9.17) is 0 Å². The molecule has 0 fully saturated rings. The molecule has 0 atom stereocenters. The normalized spacial score (nSPS) is 12.0. The van der Waals surface area contributed by atoms with Crippen LogP contribution in [0.15, 0.2) is 0 Å². The first-order valence-corrected chi connectivity index (χ1v) is 6.89. The van der Waals surface area contributed by atoms with E-state index in [1.165, 1.54) is 0 Å². The summed E-state index contributed by atoms with van der Waals surface area (Å²) in [5, 5.41) is 0. The van der Waals surface area contributed by atoms with Crippen molar-refractivity contribution in [3.05, 3.63) is 0 Å². The van der Waals surface area contributed by atoms with E-state index in [0.29, 0.717) is 0 Å². The van der Waals surface area contributed by atoms with Crippen molar-refractivity contribution < 1.29 is 0 Å². The van der Waals surface area contributed by atoms with E-state index in [0.717, 1.165) is 0 Å². The van der Waals surface area contributed by atoms with Crippen LogP contribution in [0.1, 0.15) is 0 Å². The fourth-order valence-corrected chi connectivity index (χ4v) is 0. The first-order chi connectivity index (χ1) is 2.56. The predicted octanol–water partition coefficient (Wildman–Crippen LogP) is 2.17. The maximum absolute atomic E-state index is 2.32. The summed E-state index contributed by atoms with van der Waals surface area (Å²) in [6.07, 6.45) is 2.17. The highest BCUT2D eigenvalue weighted by molar-refractivity contribution is 8.61. The predicted molar refractivity (Wildman–Crippen MR) is 38.2 cm³/mol. The summed E-state index contributed by atoms with van der Waals surface area (Å²) < 4.78 is 0. The maximum Gasteiger partial charge on any atom is 0.0645 e. The van der Waals surface area contributed by atoms with Gasteiger partial charge in [-0.2, -0.15) is 0 Å². The minimum Gasteiger partial charge on any atom is 0.0124 e. The summed E-state index contributed by atoms with van der Waals surface area (Å²) in [6.45, 7) is 6.47. The molecule has 38 valence electrons. The van der Waals surface area contributed by atoms with E-state index in [9.17, 15) is 0 Å². The molecule has 0 aliphatic rings. The van der Waals surface area contributed by atoms with Crippen LogP contribution >= 0.6 is 17.8 Å². The largest absolute Gasteiger partial charge is 0.0645 e. The second-order valence-corrected chi connectivity index (χ2v) is 10.6. The summed E-state index contributed by atoms with van der Waals surface area (Å²) >= 11 is 1.99. The second kappa shape index (κ2) is 2.18. The molecule has 0 aromatic rings. The van der Waals surface area contributed by atoms with E-state index >= 15 is 0 Å². The van der Waals surface area contributed by atoms with Crippen molar-refractivity contribution in [2.45, 2.75) is 0 Å². The Hall–Kier alpha value is 0.780. The lowest BCUT2D eigenvalue weighted by Gasteiger charge is -2.02. The molecule has 0 aliphatic heterocycles. The zero-order valence-corrected chi connectivity index (χ0v) is 6.57. The molecule has 0 unspecified atom stereocenters. The third kappa shape index (κ3) is 4.78. The smallest absolute Gasteiger partial charge is 0.0124 e. The van der Waals surface area contributed by atoms with E-state index in [1.807, 2.05) is 11.4 Å². The Bertz CT molecular complexity index is 37.3. The van der Waals surface area contributed by atoms with Crippen LogP contribution in [0.4, 0.5) is 0 Å². The zero-order chi connectivity index (χ0) is 5.21. The lowest BCUT2D eigenvalue weighted by atomic mass is 11.9. The van der Waals surface area contributed by atoms with Crippen molar-refractivity contribution in [3.63, 3.8) is 0 Å². The van der Waals surface area contributed by atoms with Gasteiger partial charge in [0.25, 0.3) is 0 Å². The van der Waals surface area contributed by atoms with Gasteiger partial charge >= 0.3 is 0 Å². The minimum atomic E-state index is -0.480. The molecule has 0 N–H and O–H groups in total. The van der Waals surface area contributed by atoms with Gasteiger partial charge in [0.1, 0.15) is 0 Å². The molecule has 0 amide bonds. The molecule has 0 saturated heterocycles. The zero-order valence-electron chi connectivity index (χ0n) is 4.86. The molecular formula is C4H12PS+. The summed E-state index contributed by atoms with van der Waals surface area (Å²) in [5.41, 5.74) is 0. The van der Waals surface area contributed by atoms with Crippen LogP contribution in [0.25, 0.3) is 0 Å². The Morgan fingerprint density at radius 2 is 1.33 bits per heavy atom. The Balaban J connectivity index is 3.17. The standard InChI is InChI=1S/C4H12PS/c1-5(2,3)6-4/h1-4H3/q+1. The van der Waals surface area contributed by atoms with Crippen molar-refractivity contribution in [1.29, 1.82) is 0 Å². The molecule has 0 radical (unpaired) electrons. The van der Waals surface area contributed by atoms with Crippen LogP contribution in [0.5, 0.6) is 0 Å². The number of hydrogen-bond donors (Lipinski definition) is 0. The Morgan fingerprint density at radius 3 is 1.33 bits per heavy atom. The van der Waals surface area contributed by atoms with Crippen LogP contribution in [0.3, 0.4) is 0 Å². The van der Waals surface area contributed by atoms with Gasteiger partial charge in [0.15, 0.2) is 0 Å². The molecule has 0 aromatic heterocycles. The van der Waals surface area contributed by atoms with Crippen molar-refractivity contribution in [3.8, 4) is 0 Å². The molecule has 2 heteroatoms. The molecule has 6 heavy (non-hydrogen) atoms. The Labute approximate surface area is 44.8 Å². The van der Waals surface area contributed by atoms with E-state index in [-0.39, 0.29) is 0 Å². The quantitative estimate of drug-likeness (QED) is 0.481. The van der Waals surface area contributed by atoms with Crippen molar-refractivity contribution in [1.82, 2.24) is 0 Å². The third-order valence-corrected chi connectivity index (χ3v) is 4.93. The van der Waals surface area contributed by atoms with Gasteiger partial charge in [-0.05, 0) is 0 Å². The second-order valence-electron chi connectivity index (χ2n) is 2.07. The van der Waals surface area contributed by atoms with Crippen LogP contribution < -0.4 is 0 Å². The van der Waals surface area contributed by atoms with Gasteiger partial charge in [0.05, 0.1) is 26.5 Å². The summed E-state index contributed by atoms with van der Waals surface area (Å²) in [7, 11) is 0. The summed E-state index contributed by atoms with van der Waals surface area (Å²) in [5.74, 6) is 0. The Kier molecular flexibility index (Phi) is 2.47. The Morgan fingerprint density at radius 1 is 1.17 bits per heavy atom. The first-order valence-electron chi connectivity index (χ1n) is 1.93. The summed E-state index contributed by atoms with van der Waals surface area (Å²) in [4.78, 5) is 0. The average Bonchev–Trinajstić information content (AvgIpc) is 1.35. The fourth-order valence-electron chi connectivity index (χ4n) is 0. The van der Waals surface area contributed by atoms with Gasteiger partial charge in [-0.3, -0.25) is 0 Å². The van der Waals surface area contributed by atoms with Gasteiger partial charge in [-0.25, -0.2) is 0 Å². The van der Waals surface area contributed by atoms with E-state index in [1.54, 1.807) is 0 Å². The highest BCUT2D eigenvalue weighted by Crippen LogP contribution is 2.58. The van der Waals surface area contributed by atoms with Crippen molar-refractivity contribution >= 4 is 17.8 Å². The van der Waals surface area contributed by atoms with E-state index in [2.05, 4.69) is 26.3 Å². The number of rotatable bonds is 1. The number of hydrogen-bond acceptors (Lipinski definition) is 1. The summed E-state index contributed by atoms with van der Waals surface area (Å²) in [6, 6.07) is 0. The minimum absolute atomic E-state index is 0.480. The van der Waals surface area contributed by atoms with Crippen LogP contribution in [0.2, 0.25) is 0 Å². The van der Waals surface area contributed by atoms with Crippen LogP contribution in [-0.2, 0) is 0 Å². The van der Waals surface area contributed by atoms with Crippen LogP contribution in [-0.4, -0.2) is 26.3 Å². The average molecular weight is 123 g/mol. The fraction of sp³-hybridized carbons (Fsp3) is 1.00. The van der Waals surface area contributed by atoms with Gasteiger partial charge in [0.2, 0.25) is 0 Å². The monoisotopic (exact) mass is 123 g/mol. The molecule has 0 aromatic carbocycles. The first kappa shape index (κ1) is 6.78. The van der Waals surface area contributed by atoms with Crippen molar-refractivity contribution in [2.75, 3.05) is 26.3 Å². The molecule has 0 rings (SSSR count). The lowest BCUT2D eigenvalue weighted by Crippen LogP contribution is -1.71. The SMILES string of the molecule is CS[P+](C)(C)C. The van der Waals surface area contributed by atoms with Crippen molar-refractivity contribution in [2.24, 2.45) is 0 Å². The molecular weight excluding hydrogens is 111 g/mol. The topological polar surface area (TPSA) is 0 Å². The molecule has 0 heterocycles. The van der Waals surface area contributed by atoms with Crippen LogP contribution in [0, 0.1) is 0 Å². The molecule has 0 bridgehead atoms. The molecule has 0 aliphatic carbocycles. The van der Waals surface area contributed by atoms with Gasteiger partial charge in [-0.15, -0.1) is 0 Å². The molecule has 0 spiro atoms. The third-order valence-electron chi connectivity index (χ3n) is 0.548. The molecule has 0 nitrogen and oxygen atoms in total. The van der Waals surface area contributed by atoms with E-state index < -0.39 is 6.46 Å². The maximum atomic E-state index is 2.32. The van der Waals surface area contributed by atoms with Gasteiger partial charge < -0.3 is 0 Å². The highest BCUT2D eigenvalue weighted by atomic mass is 32.7. The van der Waals surface area contributed by atoms with Gasteiger partial charge in [-0.1, -0.05) is 0 Å². The van der Waals surface area contributed by atoms with Gasteiger partial charge in [0, 0.05) is 17.6 Å². The molecule has 0 saturated carbocycles. The highest BCUT2D eigenvalue weighted by Gasteiger charge is 2.13.